The molecule has 1 aromatic rings. The molecule has 0 bridgehead atoms. The van der Waals surface area contributed by atoms with Gasteiger partial charge in [-0.05, 0) is 17.7 Å². The predicted molar refractivity (Wildman–Crippen MR) is 76.5 cm³/mol. The fourth-order valence-electron chi connectivity index (χ4n) is 1.55. The van der Waals surface area contributed by atoms with Crippen LogP contribution in [0.2, 0.25) is 0 Å². The van der Waals surface area contributed by atoms with Gasteiger partial charge in [-0.15, -0.1) is 0 Å². The van der Waals surface area contributed by atoms with Gasteiger partial charge in [0.2, 0.25) is 15.9 Å². The third-order valence-electron chi connectivity index (χ3n) is 2.73. The highest BCUT2D eigenvalue weighted by molar-refractivity contribution is 7.88. The molecule has 8 heteroatoms. The number of amides is 1. The van der Waals surface area contributed by atoms with E-state index in [1.807, 2.05) is 0 Å². The number of rotatable bonds is 8. The van der Waals surface area contributed by atoms with Gasteiger partial charge >= 0.3 is 0 Å². The normalized spacial score (nSPS) is 11.6. The maximum absolute atomic E-state index is 12.8. The van der Waals surface area contributed by atoms with E-state index in [0.717, 1.165) is 4.31 Å². The Labute approximate surface area is 123 Å². The second kappa shape index (κ2) is 8.06. The Morgan fingerprint density at radius 3 is 2.52 bits per heavy atom. The first-order chi connectivity index (χ1) is 9.85. The number of carbonyl (C=O) groups is 1. The van der Waals surface area contributed by atoms with Crippen molar-refractivity contribution in [3.63, 3.8) is 0 Å². The van der Waals surface area contributed by atoms with Crippen LogP contribution in [-0.4, -0.2) is 52.5 Å². The summed E-state index contributed by atoms with van der Waals surface area (Å²) in [6.45, 7) is 0.409. The van der Waals surface area contributed by atoms with Crippen LogP contribution in [-0.2, 0) is 25.3 Å². The van der Waals surface area contributed by atoms with Gasteiger partial charge in [-0.1, -0.05) is 12.1 Å². The SMILES string of the molecule is COCCNC(=O)CN(C)S(=O)(=O)Cc1ccc(F)cc1. The molecule has 0 aliphatic carbocycles. The summed E-state index contributed by atoms with van der Waals surface area (Å²) in [4.78, 5) is 11.5. The molecular weight excluding hydrogens is 299 g/mol. The average molecular weight is 318 g/mol. The van der Waals surface area contributed by atoms with E-state index in [1.165, 1.54) is 38.4 Å². The fourth-order valence-corrected chi connectivity index (χ4v) is 2.70. The Bertz CT molecular complexity index is 560. The van der Waals surface area contributed by atoms with Crippen molar-refractivity contribution in [1.29, 1.82) is 0 Å². The molecule has 0 atom stereocenters. The summed E-state index contributed by atoms with van der Waals surface area (Å²) in [5.74, 6) is -1.12. The molecule has 1 aromatic carbocycles. The van der Waals surface area contributed by atoms with Crippen LogP contribution >= 0.6 is 0 Å². The van der Waals surface area contributed by atoms with Crippen molar-refractivity contribution in [3.05, 3.63) is 35.6 Å². The van der Waals surface area contributed by atoms with Gasteiger partial charge in [-0.3, -0.25) is 4.79 Å². The second-order valence-electron chi connectivity index (χ2n) is 4.48. The lowest BCUT2D eigenvalue weighted by Crippen LogP contribution is -2.39. The van der Waals surface area contributed by atoms with Crippen LogP contribution in [0.4, 0.5) is 4.39 Å². The Kier molecular flexibility index (Phi) is 6.73. The lowest BCUT2D eigenvalue weighted by Gasteiger charge is -2.16. The highest BCUT2D eigenvalue weighted by atomic mass is 32.2. The average Bonchev–Trinajstić information content (AvgIpc) is 2.41. The van der Waals surface area contributed by atoms with E-state index in [-0.39, 0.29) is 12.3 Å². The van der Waals surface area contributed by atoms with Gasteiger partial charge in [-0.2, -0.15) is 4.31 Å². The second-order valence-corrected chi connectivity index (χ2v) is 6.56. The molecule has 0 aliphatic rings. The number of benzene rings is 1. The molecule has 21 heavy (non-hydrogen) atoms. The highest BCUT2D eigenvalue weighted by Crippen LogP contribution is 2.10. The molecule has 0 spiro atoms. The first kappa shape index (κ1) is 17.5. The van der Waals surface area contributed by atoms with E-state index >= 15 is 0 Å². The fraction of sp³-hybridized carbons (Fsp3) is 0.462. The first-order valence-electron chi connectivity index (χ1n) is 6.29. The molecule has 0 aliphatic heterocycles. The minimum atomic E-state index is -3.63. The van der Waals surface area contributed by atoms with Crippen molar-refractivity contribution in [2.24, 2.45) is 0 Å². The van der Waals surface area contributed by atoms with Gasteiger partial charge in [0.15, 0.2) is 0 Å². The highest BCUT2D eigenvalue weighted by Gasteiger charge is 2.20. The van der Waals surface area contributed by atoms with E-state index in [2.05, 4.69) is 5.32 Å². The van der Waals surface area contributed by atoms with Gasteiger partial charge in [0.25, 0.3) is 0 Å². The van der Waals surface area contributed by atoms with E-state index < -0.39 is 21.7 Å². The smallest absolute Gasteiger partial charge is 0.235 e. The van der Waals surface area contributed by atoms with Crippen molar-refractivity contribution < 1.29 is 22.3 Å². The van der Waals surface area contributed by atoms with E-state index in [4.69, 9.17) is 4.74 Å². The molecule has 1 amide bonds. The Morgan fingerprint density at radius 2 is 1.95 bits per heavy atom. The zero-order chi connectivity index (χ0) is 15.9. The summed E-state index contributed by atoms with van der Waals surface area (Å²) >= 11 is 0. The summed E-state index contributed by atoms with van der Waals surface area (Å²) in [5.41, 5.74) is 0.461. The number of nitrogens with zero attached hydrogens (tertiary/aromatic N) is 1. The molecule has 0 heterocycles. The van der Waals surface area contributed by atoms with Crippen molar-refractivity contribution in [3.8, 4) is 0 Å². The number of hydrogen-bond donors (Lipinski definition) is 1. The number of hydrogen-bond acceptors (Lipinski definition) is 4. The van der Waals surface area contributed by atoms with E-state index in [1.54, 1.807) is 0 Å². The molecule has 0 unspecified atom stereocenters. The number of methoxy groups -OCH3 is 1. The van der Waals surface area contributed by atoms with Gasteiger partial charge in [0.1, 0.15) is 5.82 Å². The van der Waals surface area contributed by atoms with Crippen LogP contribution < -0.4 is 5.32 Å². The van der Waals surface area contributed by atoms with Crippen LogP contribution in [0.1, 0.15) is 5.56 Å². The molecule has 0 radical (unpaired) electrons. The molecule has 6 nitrogen and oxygen atoms in total. The van der Waals surface area contributed by atoms with Crippen LogP contribution in [0.3, 0.4) is 0 Å². The van der Waals surface area contributed by atoms with Gasteiger partial charge < -0.3 is 10.1 Å². The minimum absolute atomic E-state index is 0.271. The van der Waals surface area contributed by atoms with Crippen LogP contribution in [0.15, 0.2) is 24.3 Å². The quantitative estimate of drug-likeness (QED) is 0.702. The van der Waals surface area contributed by atoms with Gasteiger partial charge in [0.05, 0.1) is 18.9 Å². The monoisotopic (exact) mass is 318 g/mol. The Hall–Kier alpha value is -1.51. The largest absolute Gasteiger partial charge is 0.383 e. The van der Waals surface area contributed by atoms with Crippen molar-refractivity contribution in [2.75, 3.05) is 33.9 Å². The topological polar surface area (TPSA) is 75.7 Å². The maximum atomic E-state index is 12.8. The van der Waals surface area contributed by atoms with Gasteiger partial charge in [0, 0.05) is 20.7 Å². The third kappa shape index (κ3) is 6.19. The molecule has 0 saturated heterocycles. The zero-order valence-electron chi connectivity index (χ0n) is 12.0. The minimum Gasteiger partial charge on any atom is -0.383 e. The summed E-state index contributed by atoms with van der Waals surface area (Å²) < 4.78 is 42.7. The van der Waals surface area contributed by atoms with Crippen molar-refractivity contribution in [2.45, 2.75) is 5.75 Å². The Balaban J connectivity index is 2.56. The molecular formula is C13H19FN2O4S. The first-order valence-corrected chi connectivity index (χ1v) is 7.90. The predicted octanol–water partition coefficient (Wildman–Crippen LogP) is 0.350. The standard InChI is InChI=1S/C13H19FN2O4S/c1-16(9-13(17)15-7-8-20-2)21(18,19)10-11-3-5-12(14)6-4-11/h3-6H,7-10H2,1-2H3,(H,15,17). The molecule has 0 saturated carbocycles. The number of nitrogens with one attached hydrogen (secondary N) is 1. The van der Waals surface area contributed by atoms with E-state index in [0.29, 0.717) is 18.7 Å². The lowest BCUT2D eigenvalue weighted by atomic mass is 10.2. The number of sulfonamides is 1. The number of likely N-dealkylation sites (N-methyl/N-ethyl adjacent to an activating group) is 1. The van der Waals surface area contributed by atoms with Crippen LogP contribution in [0.5, 0.6) is 0 Å². The van der Waals surface area contributed by atoms with Crippen LogP contribution in [0, 0.1) is 5.82 Å². The number of halogens is 1. The van der Waals surface area contributed by atoms with Crippen molar-refractivity contribution in [1.82, 2.24) is 9.62 Å². The lowest BCUT2D eigenvalue weighted by molar-refractivity contribution is -0.121. The molecule has 0 fully saturated rings. The number of carbonyl (C=O) groups excluding carboxylic acids is 1. The maximum Gasteiger partial charge on any atom is 0.235 e. The zero-order valence-corrected chi connectivity index (χ0v) is 12.8. The molecule has 118 valence electrons. The summed E-state index contributed by atoms with van der Waals surface area (Å²) in [6, 6.07) is 5.20. The van der Waals surface area contributed by atoms with Crippen LogP contribution in [0.25, 0.3) is 0 Å². The third-order valence-corrected chi connectivity index (χ3v) is 4.51. The summed E-state index contributed by atoms with van der Waals surface area (Å²) in [7, 11) is -0.800. The number of ether oxygens (including phenoxy) is 1. The van der Waals surface area contributed by atoms with E-state index in [9.17, 15) is 17.6 Å². The van der Waals surface area contributed by atoms with Gasteiger partial charge in [-0.25, -0.2) is 12.8 Å². The summed E-state index contributed by atoms with van der Waals surface area (Å²) in [6.07, 6.45) is 0. The molecule has 1 N–H and O–H groups in total. The summed E-state index contributed by atoms with van der Waals surface area (Å²) in [5, 5.41) is 2.54. The van der Waals surface area contributed by atoms with Crippen molar-refractivity contribution >= 4 is 15.9 Å². The molecule has 0 aromatic heterocycles. The molecule has 1 rings (SSSR count). The Morgan fingerprint density at radius 1 is 1.33 bits per heavy atom.